The second-order valence-electron chi connectivity index (χ2n) is 6.35. The van der Waals surface area contributed by atoms with Gasteiger partial charge in [0.25, 0.3) is 0 Å². The Kier molecular flexibility index (Phi) is 3.93. The van der Waals surface area contributed by atoms with Crippen molar-refractivity contribution in [3.05, 3.63) is 66.6 Å². The van der Waals surface area contributed by atoms with Crippen molar-refractivity contribution < 1.29 is 0 Å². The number of fused-ring (bicyclic) bond motifs is 1. The van der Waals surface area contributed by atoms with Crippen LogP contribution in [0.15, 0.2) is 61.1 Å². The van der Waals surface area contributed by atoms with E-state index in [1.807, 2.05) is 24.7 Å². The van der Waals surface area contributed by atoms with Crippen LogP contribution >= 0.6 is 0 Å². The Morgan fingerprint density at radius 1 is 0.957 bits per heavy atom. The van der Waals surface area contributed by atoms with E-state index in [2.05, 4.69) is 51.3 Å². The van der Waals surface area contributed by atoms with Gasteiger partial charge in [0.2, 0.25) is 0 Å². The maximum absolute atomic E-state index is 4.56. The number of anilines is 1. The van der Waals surface area contributed by atoms with Crippen LogP contribution in [0.5, 0.6) is 0 Å². The lowest BCUT2D eigenvalue weighted by atomic mass is 9.90. The molecule has 3 heteroatoms. The molecule has 23 heavy (non-hydrogen) atoms. The van der Waals surface area contributed by atoms with Gasteiger partial charge in [-0.2, -0.15) is 0 Å². The zero-order valence-electron chi connectivity index (χ0n) is 13.2. The number of pyridine rings is 2. The second-order valence-corrected chi connectivity index (χ2v) is 6.35. The van der Waals surface area contributed by atoms with E-state index in [4.69, 9.17) is 0 Å². The van der Waals surface area contributed by atoms with E-state index in [1.165, 1.54) is 30.5 Å². The Morgan fingerprint density at radius 3 is 2.61 bits per heavy atom. The first kappa shape index (κ1) is 14.2. The molecule has 1 saturated heterocycles. The fraction of sp³-hybridized carbons (Fsp3) is 0.300. The van der Waals surface area contributed by atoms with Gasteiger partial charge in [-0.05, 0) is 42.9 Å². The minimum atomic E-state index is 0.782. The Bertz CT molecular complexity index is 772. The number of nitrogens with zero attached hydrogens (tertiary/aromatic N) is 3. The monoisotopic (exact) mass is 303 g/mol. The van der Waals surface area contributed by atoms with Crippen molar-refractivity contribution in [2.45, 2.75) is 19.3 Å². The van der Waals surface area contributed by atoms with Crippen molar-refractivity contribution in [2.75, 3.05) is 18.0 Å². The van der Waals surface area contributed by atoms with E-state index in [0.717, 1.165) is 29.9 Å². The smallest absolute Gasteiger partial charge is 0.0966 e. The van der Waals surface area contributed by atoms with Gasteiger partial charge in [0.05, 0.1) is 17.4 Å². The third-order valence-corrected chi connectivity index (χ3v) is 4.81. The molecule has 3 heterocycles. The fourth-order valence-corrected chi connectivity index (χ4v) is 3.54. The van der Waals surface area contributed by atoms with Crippen LogP contribution in [0.25, 0.3) is 10.9 Å². The molecule has 2 aromatic heterocycles. The van der Waals surface area contributed by atoms with Gasteiger partial charge < -0.3 is 4.90 Å². The highest BCUT2D eigenvalue weighted by atomic mass is 15.1. The number of rotatable bonds is 3. The normalized spacial score (nSPS) is 15.9. The summed E-state index contributed by atoms with van der Waals surface area (Å²) in [6, 6.07) is 14.9. The molecule has 0 aliphatic carbocycles. The zero-order chi connectivity index (χ0) is 15.5. The van der Waals surface area contributed by atoms with E-state index in [-0.39, 0.29) is 0 Å². The van der Waals surface area contributed by atoms with Crippen LogP contribution in [-0.4, -0.2) is 23.1 Å². The maximum atomic E-state index is 4.56. The van der Waals surface area contributed by atoms with E-state index in [1.54, 1.807) is 0 Å². The summed E-state index contributed by atoms with van der Waals surface area (Å²) < 4.78 is 0. The average molecular weight is 303 g/mol. The minimum absolute atomic E-state index is 0.782. The summed E-state index contributed by atoms with van der Waals surface area (Å²) in [6.45, 7) is 2.18. The Hall–Kier alpha value is -2.42. The molecule has 0 saturated carbocycles. The minimum Gasteiger partial charge on any atom is -0.369 e. The third kappa shape index (κ3) is 3.04. The van der Waals surface area contributed by atoms with Crippen molar-refractivity contribution in [1.82, 2.24) is 9.97 Å². The number of aromatic nitrogens is 2. The molecule has 1 aliphatic heterocycles. The molecule has 3 aromatic rings. The first-order valence-electron chi connectivity index (χ1n) is 8.38. The van der Waals surface area contributed by atoms with Gasteiger partial charge >= 0.3 is 0 Å². The predicted molar refractivity (Wildman–Crippen MR) is 94.6 cm³/mol. The lowest BCUT2D eigenvalue weighted by Crippen LogP contribution is -2.34. The van der Waals surface area contributed by atoms with Crippen LogP contribution in [0.1, 0.15) is 18.4 Å². The Morgan fingerprint density at radius 2 is 1.78 bits per heavy atom. The lowest BCUT2D eigenvalue weighted by Gasteiger charge is -2.33. The van der Waals surface area contributed by atoms with E-state index >= 15 is 0 Å². The van der Waals surface area contributed by atoms with Crippen molar-refractivity contribution in [3.8, 4) is 0 Å². The molecule has 0 atom stereocenters. The van der Waals surface area contributed by atoms with E-state index < -0.39 is 0 Å². The first-order valence-corrected chi connectivity index (χ1v) is 8.38. The van der Waals surface area contributed by atoms with Crippen LogP contribution < -0.4 is 4.90 Å². The van der Waals surface area contributed by atoms with Crippen LogP contribution in [-0.2, 0) is 6.42 Å². The molecule has 0 spiro atoms. The quantitative estimate of drug-likeness (QED) is 0.730. The molecule has 0 bridgehead atoms. The predicted octanol–water partition coefficient (Wildman–Crippen LogP) is 4.09. The molecule has 0 amide bonds. The van der Waals surface area contributed by atoms with Gasteiger partial charge in [0.15, 0.2) is 0 Å². The third-order valence-electron chi connectivity index (χ3n) is 4.81. The van der Waals surface area contributed by atoms with Gasteiger partial charge in [0, 0.05) is 30.9 Å². The van der Waals surface area contributed by atoms with Crippen molar-refractivity contribution in [2.24, 2.45) is 5.92 Å². The van der Waals surface area contributed by atoms with Crippen LogP contribution in [0, 0.1) is 5.92 Å². The molecule has 0 radical (unpaired) electrons. The molecule has 0 N–H and O–H groups in total. The molecule has 116 valence electrons. The number of piperidine rings is 1. The Balaban J connectivity index is 1.47. The van der Waals surface area contributed by atoms with Gasteiger partial charge in [-0.3, -0.25) is 9.97 Å². The molecular weight excluding hydrogens is 282 g/mol. The summed E-state index contributed by atoms with van der Waals surface area (Å²) in [7, 11) is 0. The van der Waals surface area contributed by atoms with E-state index in [9.17, 15) is 0 Å². The molecule has 1 fully saturated rings. The highest BCUT2D eigenvalue weighted by Gasteiger charge is 2.21. The molecule has 4 rings (SSSR count). The number of benzene rings is 1. The van der Waals surface area contributed by atoms with Crippen molar-refractivity contribution >= 4 is 16.6 Å². The van der Waals surface area contributed by atoms with Gasteiger partial charge in [0.1, 0.15) is 0 Å². The molecular formula is C20H21N3. The van der Waals surface area contributed by atoms with Gasteiger partial charge in [-0.1, -0.05) is 30.3 Å². The number of hydrogen-bond donors (Lipinski definition) is 0. The zero-order valence-corrected chi connectivity index (χ0v) is 13.2. The Labute approximate surface area is 137 Å². The molecule has 1 aliphatic rings. The molecule has 3 nitrogen and oxygen atoms in total. The van der Waals surface area contributed by atoms with Crippen LogP contribution in [0.2, 0.25) is 0 Å². The summed E-state index contributed by atoms with van der Waals surface area (Å²) in [5.41, 5.74) is 3.71. The summed E-state index contributed by atoms with van der Waals surface area (Å²) in [5, 5.41) is 1.12. The highest BCUT2D eigenvalue weighted by Crippen LogP contribution is 2.29. The molecule has 1 aromatic carbocycles. The summed E-state index contributed by atoms with van der Waals surface area (Å²) in [4.78, 5) is 11.4. The van der Waals surface area contributed by atoms with E-state index in [0.29, 0.717) is 0 Å². The van der Waals surface area contributed by atoms with Crippen LogP contribution in [0.4, 0.5) is 5.69 Å². The maximum Gasteiger partial charge on any atom is 0.0966 e. The highest BCUT2D eigenvalue weighted by molar-refractivity contribution is 5.89. The standard InChI is InChI=1S/C20H21N3/c1-2-5-16(6-3-1)13-17-8-11-23(12-9-17)19-15-21-14-18-7-4-10-22-20(18)19/h1-7,10,14-15,17H,8-9,11-13H2. The summed E-state index contributed by atoms with van der Waals surface area (Å²) in [5.74, 6) is 0.782. The lowest BCUT2D eigenvalue weighted by molar-refractivity contribution is 0.404. The van der Waals surface area contributed by atoms with Crippen LogP contribution in [0.3, 0.4) is 0 Å². The summed E-state index contributed by atoms with van der Waals surface area (Å²) >= 11 is 0. The average Bonchev–Trinajstić information content (AvgIpc) is 2.63. The fourth-order valence-electron chi connectivity index (χ4n) is 3.54. The summed E-state index contributed by atoms with van der Waals surface area (Å²) in [6.07, 6.45) is 9.39. The second kappa shape index (κ2) is 6.37. The number of hydrogen-bond acceptors (Lipinski definition) is 3. The molecule has 0 unspecified atom stereocenters. The van der Waals surface area contributed by atoms with Gasteiger partial charge in [-0.25, -0.2) is 0 Å². The largest absolute Gasteiger partial charge is 0.369 e. The topological polar surface area (TPSA) is 29.0 Å². The first-order chi connectivity index (χ1) is 11.4. The van der Waals surface area contributed by atoms with Gasteiger partial charge in [-0.15, -0.1) is 0 Å². The van der Waals surface area contributed by atoms with Crippen molar-refractivity contribution in [1.29, 1.82) is 0 Å². The van der Waals surface area contributed by atoms with Crippen molar-refractivity contribution in [3.63, 3.8) is 0 Å². The SMILES string of the molecule is c1ccc(CC2CCN(c3cncc4cccnc34)CC2)cc1.